The number of halogens is 1. The van der Waals surface area contributed by atoms with Gasteiger partial charge in [0.15, 0.2) is 17.3 Å². The normalized spacial score (nSPS) is 10.8. The van der Waals surface area contributed by atoms with Gasteiger partial charge in [0, 0.05) is 24.9 Å². The fourth-order valence-electron chi connectivity index (χ4n) is 2.97. The summed E-state index contributed by atoms with van der Waals surface area (Å²) in [6.45, 7) is 4.94. The zero-order chi connectivity index (χ0) is 23.8. The second-order valence-electron chi connectivity index (χ2n) is 7.92. The van der Waals surface area contributed by atoms with Crippen LogP contribution in [0.4, 0.5) is 4.39 Å². The highest BCUT2D eigenvalue weighted by Crippen LogP contribution is 2.31. The van der Waals surface area contributed by atoms with Crippen molar-refractivity contribution in [2.75, 3.05) is 13.7 Å². The van der Waals surface area contributed by atoms with Crippen LogP contribution >= 0.6 is 0 Å². The number of methoxy groups -OCH3 is 1. The van der Waals surface area contributed by atoms with Gasteiger partial charge in [0.1, 0.15) is 11.5 Å². The fraction of sp³-hybridized carbons (Fsp3) is 0.333. The van der Waals surface area contributed by atoms with E-state index in [4.69, 9.17) is 9.47 Å². The summed E-state index contributed by atoms with van der Waals surface area (Å²) in [7, 11) is 1.54. The molecule has 2 N–H and O–H groups in total. The standard InChI is InChI=1S/C24H27FN4O4/c1-15(2)14-33-20-10-6-17(12-21(20)32-3)23-27-24(31)19(28-29-23)9-11-22(30)26-13-16-4-7-18(25)8-5-16/h4-8,10,12,15H,9,11,13-14H2,1-3H3,(H,26,30)(H,27,29,31). The van der Waals surface area contributed by atoms with Gasteiger partial charge in [-0.25, -0.2) is 4.39 Å². The zero-order valence-electron chi connectivity index (χ0n) is 18.9. The molecule has 3 rings (SSSR count). The molecule has 0 aliphatic rings. The molecule has 0 unspecified atom stereocenters. The number of aromatic amines is 1. The van der Waals surface area contributed by atoms with Crippen LogP contribution < -0.4 is 20.3 Å². The number of H-pyrrole nitrogens is 1. The van der Waals surface area contributed by atoms with E-state index in [1.165, 1.54) is 12.1 Å². The molecule has 0 fully saturated rings. The van der Waals surface area contributed by atoms with Gasteiger partial charge in [-0.15, -0.1) is 10.2 Å². The van der Waals surface area contributed by atoms with Crippen molar-refractivity contribution in [2.24, 2.45) is 5.92 Å². The average Bonchev–Trinajstić information content (AvgIpc) is 2.81. The number of hydrogen-bond acceptors (Lipinski definition) is 6. The summed E-state index contributed by atoms with van der Waals surface area (Å²) in [6.07, 6.45) is 0.219. The zero-order valence-corrected chi connectivity index (χ0v) is 18.9. The Morgan fingerprint density at radius 1 is 1.12 bits per heavy atom. The van der Waals surface area contributed by atoms with Gasteiger partial charge < -0.3 is 19.8 Å². The highest BCUT2D eigenvalue weighted by Gasteiger charge is 2.12. The molecule has 3 aromatic rings. The van der Waals surface area contributed by atoms with Crippen LogP contribution in [0.25, 0.3) is 11.4 Å². The second kappa shape index (κ2) is 11.2. The van der Waals surface area contributed by atoms with Crippen LogP contribution in [0.15, 0.2) is 47.3 Å². The third kappa shape index (κ3) is 6.86. The number of aromatic nitrogens is 3. The molecule has 0 saturated heterocycles. The lowest BCUT2D eigenvalue weighted by Crippen LogP contribution is -2.25. The van der Waals surface area contributed by atoms with Crippen molar-refractivity contribution in [1.82, 2.24) is 20.5 Å². The summed E-state index contributed by atoms with van der Waals surface area (Å²) in [5.74, 6) is 1.21. The van der Waals surface area contributed by atoms with Crippen molar-refractivity contribution in [3.63, 3.8) is 0 Å². The van der Waals surface area contributed by atoms with Gasteiger partial charge in [-0.2, -0.15) is 0 Å². The molecule has 0 radical (unpaired) electrons. The average molecular weight is 455 g/mol. The van der Waals surface area contributed by atoms with E-state index in [0.29, 0.717) is 35.4 Å². The number of aryl methyl sites for hydroxylation is 1. The van der Waals surface area contributed by atoms with Crippen molar-refractivity contribution >= 4 is 5.91 Å². The number of carbonyl (C=O) groups is 1. The largest absolute Gasteiger partial charge is 0.493 e. The number of benzene rings is 2. The molecule has 0 aliphatic carbocycles. The van der Waals surface area contributed by atoms with E-state index >= 15 is 0 Å². The predicted molar refractivity (Wildman–Crippen MR) is 122 cm³/mol. The van der Waals surface area contributed by atoms with Gasteiger partial charge >= 0.3 is 0 Å². The molecular formula is C24H27FN4O4. The summed E-state index contributed by atoms with van der Waals surface area (Å²) in [5, 5.41) is 10.8. The Bertz CT molecular complexity index is 1150. The van der Waals surface area contributed by atoms with E-state index in [9.17, 15) is 14.0 Å². The topological polar surface area (TPSA) is 106 Å². The van der Waals surface area contributed by atoms with Crippen molar-refractivity contribution < 1.29 is 18.7 Å². The predicted octanol–water partition coefficient (Wildman–Crippen LogP) is 3.26. The van der Waals surface area contributed by atoms with Crippen molar-refractivity contribution in [3.05, 3.63) is 69.9 Å². The number of hydrogen-bond donors (Lipinski definition) is 2. The van der Waals surface area contributed by atoms with Gasteiger partial charge in [0.05, 0.1) is 13.7 Å². The van der Waals surface area contributed by atoms with Crippen LogP contribution in [0.3, 0.4) is 0 Å². The molecule has 33 heavy (non-hydrogen) atoms. The van der Waals surface area contributed by atoms with Crippen LogP contribution in [-0.2, 0) is 17.8 Å². The number of nitrogens with one attached hydrogen (secondary N) is 2. The van der Waals surface area contributed by atoms with Crippen LogP contribution in [0.5, 0.6) is 11.5 Å². The minimum Gasteiger partial charge on any atom is -0.493 e. The number of ether oxygens (including phenoxy) is 2. The fourth-order valence-corrected chi connectivity index (χ4v) is 2.97. The SMILES string of the molecule is COc1cc(-c2nnc(CCC(=O)NCc3ccc(F)cc3)c(=O)[nH]2)ccc1OCC(C)C. The summed E-state index contributed by atoms with van der Waals surface area (Å²) in [5.41, 5.74) is 1.16. The third-order valence-electron chi connectivity index (χ3n) is 4.77. The van der Waals surface area contributed by atoms with Crippen molar-refractivity contribution in [2.45, 2.75) is 33.2 Å². The Morgan fingerprint density at radius 3 is 2.55 bits per heavy atom. The minimum atomic E-state index is -0.412. The number of rotatable bonds is 10. The molecule has 0 saturated carbocycles. The third-order valence-corrected chi connectivity index (χ3v) is 4.77. The number of amides is 1. The summed E-state index contributed by atoms with van der Waals surface area (Å²) in [6, 6.07) is 11.1. The molecule has 2 aromatic carbocycles. The van der Waals surface area contributed by atoms with E-state index in [2.05, 4.69) is 34.3 Å². The van der Waals surface area contributed by atoms with E-state index in [1.54, 1.807) is 37.4 Å². The number of nitrogens with zero attached hydrogens (tertiary/aromatic N) is 2. The Labute approximate surface area is 191 Å². The summed E-state index contributed by atoms with van der Waals surface area (Å²) in [4.78, 5) is 27.2. The summed E-state index contributed by atoms with van der Waals surface area (Å²) < 4.78 is 24.1. The minimum absolute atomic E-state index is 0.0774. The Morgan fingerprint density at radius 2 is 1.88 bits per heavy atom. The van der Waals surface area contributed by atoms with E-state index in [1.807, 2.05) is 0 Å². The Kier molecular flexibility index (Phi) is 8.12. The maximum atomic E-state index is 12.9. The van der Waals surface area contributed by atoms with Crippen molar-refractivity contribution in [3.8, 4) is 22.9 Å². The molecule has 8 nitrogen and oxygen atoms in total. The molecule has 0 spiro atoms. The molecule has 9 heteroatoms. The molecular weight excluding hydrogens is 427 g/mol. The van der Waals surface area contributed by atoms with E-state index < -0.39 is 5.56 Å². The quantitative estimate of drug-likeness (QED) is 0.487. The van der Waals surface area contributed by atoms with Gasteiger partial charge in [-0.1, -0.05) is 26.0 Å². The first kappa shape index (κ1) is 23.9. The van der Waals surface area contributed by atoms with Gasteiger partial charge in [-0.05, 0) is 41.8 Å². The summed E-state index contributed by atoms with van der Waals surface area (Å²) >= 11 is 0. The maximum Gasteiger partial charge on any atom is 0.273 e. The number of carbonyl (C=O) groups excluding carboxylic acids is 1. The maximum absolute atomic E-state index is 12.9. The highest BCUT2D eigenvalue weighted by atomic mass is 19.1. The second-order valence-corrected chi connectivity index (χ2v) is 7.92. The first-order chi connectivity index (χ1) is 15.9. The van der Waals surface area contributed by atoms with Crippen LogP contribution in [0.1, 0.15) is 31.5 Å². The lowest BCUT2D eigenvalue weighted by Gasteiger charge is -2.13. The first-order valence-electron chi connectivity index (χ1n) is 10.6. The molecule has 1 amide bonds. The molecule has 0 bridgehead atoms. The Balaban J connectivity index is 1.60. The molecule has 0 atom stereocenters. The monoisotopic (exact) mass is 454 g/mol. The van der Waals surface area contributed by atoms with Crippen LogP contribution in [0.2, 0.25) is 0 Å². The first-order valence-corrected chi connectivity index (χ1v) is 10.6. The smallest absolute Gasteiger partial charge is 0.273 e. The molecule has 1 heterocycles. The molecule has 174 valence electrons. The molecule has 1 aromatic heterocycles. The van der Waals surface area contributed by atoms with Gasteiger partial charge in [0.25, 0.3) is 5.56 Å². The van der Waals surface area contributed by atoms with Crippen LogP contribution in [-0.4, -0.2) is 34.8 Å². The molecule has 0 aliphatic heterocycles. The highest BCUT2D eigenvalue weighted by molar-refractivity contribution is 5.76. The Hall–Kier alpha value is -3.75. The van der Waals surface area contributed by atoms with Gasteiger partial charge in [0.2, 0.25) is 5.91 Å². The van der Waals surface area contributed by atoms with Crippen molar-refractivity contribution in [1.29, 1.82) is 0 Å². The van der Waals surface area contributed by atoms with Gasteiger partial charge in [-0.3, -0.25) is 9.59 Å². The van der Waals surface area contributed by atoms with Crippen LogP contribution in [0, 0.1) is 11.7 Å². The lowest BCUT2D eigenvalue weighted by atomic mass is 10.2. The van der Waals surface area contributed by atoms with E-state index in [0.717, 1.165) is 5.56 Å². The van der Waals surface area contributed by atoms with E-state index in [-0.39, 0.29) is 36.8 Å². The lowest BCUT2D eigenvalue weighted by molar-refractivity contribution is -0.121.